The Morgan fingerprint density at radius 2 is 2.12 bits per heavy atom. The van der Waals surface area contributed by atoms with Crippen molar-refractivity contribution in [3.05, 3.63) is 52.1 Å². The molecule has 1 N–H and O–H groups in total. The van der Waals surface area contributed by atoms with E-state index in [9.17, 15) is 9.18 Å². The van der Waals surface area contributed by atoms with Crippen molar-refractivity contribution < 1.29 is 13.6 Å². The Bertz CT molecular complexity index is 565. The van der Waals surface area contributed by atoms with Gasteiger partial charge in [-0.05, 0) is 53.2 Å². The molecule has 0 fully saturated rings. The van der Waals surface area contributed by atoms with Crippen LogP contribution in [0.15, 0.2) is 39.2 Å². The molecule has 0 aliphatic rings. The van der Waals surface area contributed by atoms with Gasteiger partial charge in [0, 0.05) is 4.47 Å². The predicted molar refractivity (Wildman–Crippen MR) is 65.5 cm³/mol. The van der Waals surface area contributed by atoms with Crippen LogP contribution in [0.25, 0.3) is 0 Å². The third-order valence-corrected chi connectivity index (χ3v) is 2.83. The number of carbonyl (C=O) groups excluding carboxylic acids is 1. The van der Waals surface area contributed by atoms with Crippen molar-refractivity contribution in [2.45, 2.75) is 6.92 Å². The second kappa shape index (κ2) is 4.71. The van der Waals surface area contributed by atoms with Crippen LogP contribution in [0.4, 0.5) is 10.1 Å². The lowest BCUT2D eigenvalue weighted by Gasteiger charge is -2.05. The molecular formula is C12H9BrFNO2. The van der Waals surface area contributed by atoms with E-state index >= 15 is 0 Å². The van der Waals surface area contributed by atoms with Crippen molar-refractivity contribution in [1.29, 1.82) is 0 Å². The summed E-state index contributed by atoms with van der Waals surface area (Å²) in [4.78, 5) is 11.7. The molecule has 0 unspecified atom stereocenters. The second-order valence-corrected chi connectivity index (χ2v) is 4.34. The van der Waals surface area contributed by atoms with Gasteiger partial charge in [0.15, 0.2) is 5.76 Å². The molecule has 0 bridgehead atoms. The molecule has 1 heterocycles. The van der Waals surface area contributed by atoms with Crippen molar-refractivity contribution in [1.82, 2.24) is 0 Å². The van der Waals surface area contributed by atoms with E-state index < -0.39 is 11.7 Å². The zero-order chi connectivity index (χ0) is 12.4. The van der Waals surface area contributed by atoms with Gasteiger partial charge in [0.05, 0.1) is 5.69 Å². The van der Waals surface area contributed by atoms with Crippen LogP contribution in [-0.4, -0.2) is 5.91 Å². The highest BCUT2D eigenvalue weighted by Gasteiger charge is 2.12. The molecule has 1 aromatic heterocycles. The number of aryl methyl sites for hydroxylation is 1. The fraction of sp³-hybridized carbons (Fsp3) is 0.0833. The van der Waals surface area contributed by atoms with E-state index in [1.54, 1.807) is 19.1 Å². The van der Waals surface area contributed by atoms with Gasteiger partial charge < -0.3 is 9.73 Å². The molecule has 0 saturated heterocycles. The first-order chi connectivity index (χ1) is 8.06. The number of amides is 1. The fourth-order valence-corrected chi connectivity index (χ4v) is 1.68. The van der Waals surface area contributed by atoms with Gasteiger partial charge in [-0.3, -0.25) is 4.79 Å². The SMILES string of the molecule is Cc1ccc(C(=O)Nc2cc(F)ccc2Br)o1. The molecule has 0 saturated carbocycles. The first-order valence-electron chi connectivity index (χ1n) is 4.89. The molecule has 2 aromatic rings. The number of nitrogens with one attached hydrogen (secondary N) is 1. The molecule has 0 aliphatic carbocycles. The summed E-state index contributed by atoms with van der Waals surface area (Å²) >= 11 is 3.22. The molecule has 1 aromatic carbocycles. The molecule has 88 valence electrons. The molecule has 0 aliphatic heterocycles. The van der Waals surface area contributed by atoms with Crippen molar-refractivity contribution in [3.8, 4) is 0 Å². The Morgan fingerprint density at radius 3 is 2.76 bits per heavy atom. The highest BCUT2D eigenvalue weighted by Crippen LogP contribution is 2.23. The standard InChI is InChI=1S/C12H9BrFNO2/c1-7-2-5-11(17-7)12(16)15-10-6-8(14)3-4-9(10)13/h2-6H,1H3,(H,15,16). The molecule has 5 heteroatoms. The number of carbonyl (C=O) groups is 1. The third-order valence-electron chi connectivity index (χ3n) is 2.14. The van der Waals surface area contributed by atoms with Gasteiger partial charge in [0.1, 0.15) is 11.6 Å². The highest BCUT2D eigenvalue weighted by molar-refractivity contribution is 9.10. The lowest BCUT2D eigenvalue weighted by atomic mass is 10.3. The molecule has 0 spiro atoms. The van der Waals surface area contributed by atoms with Crippen LogP contribution in [0.2, 0.25) is 0 Å². The molecule has 3 nitrogen and oxygen atoms in total. The minimum absolute atomic E-state index is 0.193. The Balaban J connectivity index is 2.21. The number of halogens is 2. The number of rotatable bonds is 2. The van der Waals surface area contributed by atoms with Gasteiger partial charge in [-0.1, -0.05) is 0 Å². The lowest BCUT2D eigenvalue weighted by molar-refractivity contribution is 0.0995. The average Bonchev–Trinajstić information content (AvgIpc) is 2.70. The molecular weight excluding hydrogens is 289 g/mol. The van der Waals surface area contributed by atoms with Gasteiger partial charge in [-0.15, -0.1) is 0 Å². The van der Waals surface area contributed by atoms with Crippen LogP contribution in [0.1, 0.15) is 16.3 Å². The molecule has 0 atom stereocenters. The molecule has 0 radical (unpaired) electrons. The summed E-state index contributed by atoms with van der Waals surface area (Å²) in [7, 11) is 0. The minimum Gasteiger partial charge on any atom is -0.456 e. The second-order valence-electron chi connectivity index (χ2n) is 3.49. The quantitative estimate of drug-likeness (QED) is 0.917. The fourth-order valence-electron chi connectivity index (χ4n) is 1.33. The van der Waals surface area contributed by atoms with Crippen molar-refractivity contribution >= 4 is 27.5 Å². The van der Waals surface area contributed by atoms with E-state index in [1.165, 1.54) is 18.2 Å². The van der Waals surface area contributed by atoms with Crippen LogP contribution in [-0.2, 0) is 0 Å². The first kappa shape index (κ1) is 11.9. The maximum atomic E-state index is 13.0. The number of benzene rings is 1. The monoisotopic (exact) mass is 297 g/mol. The topological polar surface area (TPSA) is 42.2 Å². The van der Waals surface area contributed by atoms with Crippen molar-refractivity contribution in [2.75, 3.05) is 5.32 Å². The molecule has 1 amide bonds. The summed E-state index contributed by atoms with van der Waals surface area (Å²) < 4.78 is 18.8. The summed E-state index contributed by atoms with van der Waals surface area (Å²) in [5, 5.41) is 2.56. The van der Waals surface area contributed by atoms with Crippen molar-refractivity contribution in [3.63, 3.8) is 0 Å². The average molecular weight is 298 g/mol. The van der Waals surface area contributed by atoms with Gasteiger partial charge in [-0.2, -0.15) is 0 Å². The predicted octanol–water partition coefficient (Wildman–Crippen LogP) is 3.74. The first-order valence-corrected chi connectivity index (χ1v) is 5.68. The largest absolute Gasteiger partial charge is 0.456 e. The maximum Gasteiger partial charge on any atom is 0.291 e. The lowest BCUT2D eigenvalue weighted by Crippen LogP contribution is -2.11. The number of hydrogen-bond acceptors (Lipinski definition) is 2. The summed E-state index contributed by atoms with van der Waals surface area (Å²) in [6.07, 6.45) is 0. The van der Waals surface area contributed by atoms with Gasteiger partial charge in [-0.25, -0.2) is 4.39 Å². The smallest absolute Gasteiger partial charge is 0.291 e. The van der Waals surface area contributed by atoms with E-state index in [4.69, 9.17) is 4.42 Å². The minimum atomic E-state index is -0.417. The molecule has 17 heavy (non-hydrogen) atoms. The van der Waals surface area contributed by atoms with Crippen molar-refractivity contribution in [2.24, 2.45) is 0 Å². The van der Waals surface area contributed by atoms with Crippen LogP contribution < -0.4 is 5.32 Å². The van der Waals surface area contributed by atoms with Gasteiger partial charge >= 0.3 is 0 Å². The van der Waals surface area contributed by atoms with Gasteiger partial charge in [0.25, 0.3) is 5.91 Å². The summed E-state index contributed by atoms with van der Waals surface area (Å²) in [6, 6.07) is 7.32. The third kappa shape index (κ3) is 2.74. The highest BCUT2D eigenvalue weighted by atomic mass is 79.9. The summed E-state index contributed by atoms with van der Waals surface area (Å²) in [5.74, 6) is 0.00986. The zero-order valence-corrected chi connectivity index (χ0v) is 10.5. The van der Waals surface area contributed by atoms with Crippen LogP contribution in [0.3, 0.4) is 0 Å². The van der Waals surface area contributed by atoms with E-state index in [2.05, 4.69) is 21.2 Å². The molecule has 2 rings (SSSR count). The zero-order valence-electron chi connectivity index (χ0n) is 8.96. The number of anilines is 1. The number of hydrogen-bond donors (Lipinski definition) is 1. The van der Waals surface area contributed by atoms with E-state index in [0.29, 0.717) is 15.9 Å². The van der Waals surface area contributed by atoms with Gasteiger partial charge in [0.2, 0.25) is 0 Å². The summed E-state index contributed by atoms with van der Waals surface area (Å²) in [5.41, 5.74) is 0.365. The normalized spacial score (nSPS) is 10.3. The number of furan rings is 1. The Labute approximate surface area is 106 Å². The maximum absolute atomic E-state index is 13.0. The van der Waals surface area contributed by atoms with E-state index in [0.717, 1.165) is 0 Å². The Morgan fingerprint density at radius 1 is 1.35 bits per heavy atom. The van der Waals surface area contributed by atoms with Crippen LogP contribution >= 0.6 is 15.9 Å². The Hall–Kier alpha value is -1.62. The summed E-state index contributed by atoms with van der Waals surface area (Å²) in [6.45, 7) is 1.74. The Kier molecular flexibility index (Phi) is 3.28. The van der Waals surface area contributed by atoms with E-state index in [-0.39, 0.29) is 5.76 Å². The van der Waals surface area contributed by atoms with Crippen LogP contribution in [0.5, 0.6) is 0 Å². The van der Waals surface area contributed by atoms with Crippen LogP contribution in [0, 0.1) is 12.7 Å². The van der Waals surface area contributed by atoms with E-state index in [1.807, 2.05) is 0 Å².